The van der Waals surface area contributed by atoms with Gasteiger partial charge in [0.2, 0.25) is 11.8 Å². The zero-order valence-electron chi connectivity index (χ0n) is 30.1. The molecule has 0 saturated carbocycles. The number of ether oxygens (including phenoxy) is 2. The molecule has 0 aliphatic carbocycles. The molecule has 3 unspecified atom stereocenters. The van der Waals surface area contributed by atoms with Crippen LogP contribution in [0.4, 0.5) is 11.4 Å². The zero-order chi connectivity index (χ0) is 35.8. The van der Waals surface area contributed by atoms with Crippen LogP contribution in [0.1, 0.15) is 58.6 Å². The van der Waals surface area contributed by atoms with Gasteiger partial charge in [-0.25, -0.2) is 0 Å². The summed E-state index contributed by atoms with van der Waals surface area (Å²) in [6, 6.07) is 11.5. The highest BCUT2D eigenvalue weighted by Crippen LogP contribution is 2.66. The van der Waals surface area contributed by atoms with Crippen molar-refractivity contribution in [3.05, 3.63) is 78.9 Å². The van der Waals surface area contributed by atoms with Crippen molar-refractivity contribution in [1.29, 1.82) is 0 Å². The van der Waals surface area contributed by atoms with Crippen molar-refractivity contribution in [2.45, 2.75) is 84.6 Å². The van der Waals surface area contributed by atoms with Gasteiger partial charge in [-0.1, -0.05) is 51.1 Å². The van der Waals surface area contributed by atoms with Gasteiger partial charge in [0.1, 0.15) is 17.4 Å². The van der Waals surface area contributed by atoms with Crippen LogP contribution in [0, 0.1) is 37.5 Å². The van der Waals surface area contributed by atoms with Crippen molar-refractivity contribution < 1.29 is 29.0 Å². The minimum absolute atomic E-state index is 0.135. The fraction of sp³-hybridized carbons (Fsp3) is 0.525. The maximum absolute atomic E-state index is 15.3. The molecule has 7 atom stereocenters. The molecule has 2 bridgehead atoms. The topological polar surface area (TPSA) is 99.6 Å². The molecular weight excluding hydrogens is 618 g/mol. The molecule has 1 N–H and O–H groups in total. The highest BCUT2D eigenvalue weighted by atomic mass is 16.5. The van der Waals surface area contributed by atoms with Gasteiger partial charge in [-0.15, -0.1) is 13.2 Å². The summed E-state index contributed by atoms with van der Waals surface area (Å²) < 4.78 is 12.7. The Kier molecular flexibility index (Phi) is 10.5. The molecule has 5 rings (SSSR count). The minimum Gasteiger partial charge on any atom is -0.494 e. The lowest BCUT2D eigenvalue weighted by molar-refractivity contribution is -0.149. The number of carbonyl (C=O) groups excluding carboxylic acids is 3. The van der Waals surface area contributed by atoms with E-state index in [1.165, 1.54) is 0 Å². The number of likely N-dealkylation sites (tertiary alicyclic amines) is 1. The van der Waals surface area contributed by atoms with Crippen LogP contribution < -0.4 is 14.5 Å². The van der Waals surface area contributed by atoms with Gasteiger partial charge in [-0.05, 0) is 87.8 Å². The number of rotatable bonds is 14. The maximum Gasteiger partial charge on any atom is 0.253 e. The molecule has 0 aromatic heterocycles. The van der Waals surface area contributed by atoms with Crippen LogP contribution in [-0.4, -0.2) is 77.3 Å². The highest BCUT2D eigenvalue weighted by Gasteiger charge is 2.80. The van der Waals surface area contributed by atoms with Crippen LogP contribution in [0.25, 0.3) is 0 Å². The molecule has 1 spiro atoms. The number of para-hydroxylation sites is 1. The number of hydrogen-bond donors (Lipinski definition) is 1. The van der Waals surface area contributed by atoms with Gasteiger partial charge in [0, 0.05) is 24.5 Å². The van der Waals surface area contributed by atoms with Gasteiger partial charge in [-0.3, -0.25) is 14.4 Å². The summed E-state index contributed by atoms with van der Waals surface area (Å²) >= 11 is 0. The number of fused-ring (bicyclic) bond motifs is 1. The van der Waals surface area contributed by atoms with Crippen molar-refractivity contribution in [1.82, 2.24) is 4.90 Å². The number of aliphatic hydroxyl groups excluding tert-OH is 1. The number of benzene rings is 2. The molecule has 9 heteroatoms. The monoisotopic (exact) mass is 671 g/mol. The SMILES string of the molecule is C=CCN(C(=O)[C@H]1[C@H]2C(=O)N([C@@H](CO)CC(C)C)C(C(=O)N(CC=C)c3c(C)cccc3C)C23CC(C)[C@]1(C)O3)c1ccc(OCC)cc1. The molecule has 264 valence electrons. The predicted octanol–water partition coefficient (Wildman–Crippen LogP) is 5.86. The maximum atomic E-state index is 15.3. The number of aliphatic hydroxyl groups is 1. The summed E-state index contributed by atoms with van der Waals surface area (Å²) in [6.07, 6.45) is 4.27. The van der Waals surface area contributed by atoms with Crippen LogP contribution in [0.15, 0.2) is 67.8 Å². The van der Waals surface area contributed by atoms with E-state index in [4.69, 9.17) is 9.47 Å². The third kappa shape index (κ3) is 5.99. The number of carbonyl (C=O) groups is 3. The van der Waals surface area contributed by atoms with E-state index in [2.05, 4.69) is 13.2 Å². The van der Waals surface area contributed by atoms with Crippen molar-refractivity contribution in [2.75, 3.05) is 36.1 Å². The van der Waals surface area contributed by atoms with Crippen LogP contribution in [0.3, 0.4) is 0 Å². The lowest BCUT2D eigenvalue weighted by Crippen LogP contribution is -2.59. The second kappa shape index (κ2) is 14.1. The van der Waals surface area contributed by atoms with Gasteiger partial charge < -0.3 is 29.3 Å². The van der Waals surface area contributed by atoms with Gasteiger partial charge in [0.15, 0.2) is 0 Å². The van der Waals surface area contributed by atoms with E-state index in [1.807, 2.05) is 90.9 Å². The van der Waals surface area contributed by atoms with Gasteiger partial charge >= 0.3 is 0 Å². The molecule has 9 nitrogen and oxygen atoms in total. The third-order valence-corrected chi connectivity index (χ3v) is 10.9. The number of amides is 3. The summed E-state index contributed by atoms with van der Waals surface area (Å²) in [5, 5.41) is 10.8. The summed E-state index contributed by atoms with van der Waals surface area (Å²) in [4.78, 5) is 50.2. The molecule has 3 amide bonds. The molecular formula is C40H53N3O6. The Labute approximate surface area is 291 Å². The highest BCUT2D eigenvalue weighted by molar-refractivity contribution is 6.07. The van der Waals surface area contributed by atoms with E-state index < -0.39 is 35.1 Å². The summed E-state index contributed by atoms with van der Waals surface area (Å²) in [5.74, 6) is -1.99. The molecule has 3 heterocycles. The molecule has 3 saturated heterocycles. The van der Waals surface area contributed by atoms with Gasteiger partial charge in [0.25, 0.3) is 5.91 Å². The Morgan fingerprint density at radius 2 is 1.67 bits per heavy atom. The van der Waals surface area contributed by atoms with E-state index >= 15 is 9.59 Å². The van der Waals surface area contributed by atoms with Gasteiger partial charge in [-0.2, -0.15) is 0 Å². The largest absolute Gasteiger partial charge is 0.494 e. The summed E-state index contributed by atoms with van der Waals surface area (Å²) in [5.41, 5.74) is 0.957. The first-order valence-electron chi connectivity index (χ1n) is 17.6. The molecule has 3 aliphatic rings. The third-order valence-electron chi connectivity index (χ3n) is 10.9. The second-order valence-electron chi connectivity index (χ2n) is 14.6. The van der Waals surface area contributed by atoms with Crippen LogP contribution >= 0.6 is 0 Å². The average Bonchev–Trinajstić information content (AvgIpc) is 3.58. The predicted molar refractivity (Wildman–Crippen MR) is 193 cm³/mol. The van der Waals surface area contributed by atoms with E-state index in [-0.39, 0.29) is 49.3 Å². The molecule has 3 aliphatic heterocycles. The minimum atomic E-state index is -1.28. The first kappa shape index (κ1) is 36.3. The number of nitrogens with zero attached hydrogens (tertiary/aromatic N) is 3. The zero-order valence-corrected chi connectivity index (χ0v) is 30.1. The number of aryl methyl sites for hydroxylation is 2. The molecule has 3 fully saturated rings. The first-order valence-corrected chi connectivity index (χ1v) is 17.6. The Morgan fingerprint density at radius 3 is 2.22 bits per heavy atom. The Hall–Kier alpha value is -3.95. The van der Waals surface area contributed by atoms with Gasteiger partial charge in [0.05, 0.1) is 36.7 Å². The molecule has 2 aromatic rings. The Morgan fingerprint density at radius 1 is 1.06 bits per heavy atom. The van der Waals surface area contributed by atoms with Crippen molar-refractivity contribution in [2.24, 2.45) is 23.7 Å². The fourth-order valence-corrected chi connectivity index (χ4v) is 8.85. The van der Waals surface area contributed by atoms with Crippen molar-refractivity contribution in [3.63, 3.8) is 0 Å². The Balaban J connectivity index is 1.67. The molecule has 2 aromatic carbocycles. The fourth-order valence-electron chi connectivity index (χ4n) is 8.85. The van der Waals surface area contributed by atoms with Crippen LogP contribution in [0.5, 0.6) is 5.75 Å². The van der Waals surface area contributed by atoms with E-state index in [9.17, 15) is 9.90 Å². The lowest BCUT2D eigenvalue weighted by atomic mass is 9.62. The van der Waals surface area contributed by atoms with Crippen LogP contribution in [-0.2, 0) is 19.1 Å². The second-order valence-corrected chi connectivity index (χ2v) is 14.6. The summed E-state index contributed by atoms with van der Waals surface area (Å²) in [6.45, 7) is 22.4. The van der Waals surface area contributed by atoms with Crippen molar-refractivity contribution >= 4 is 29.1 Å². The average molecular weight is 672 g/mol. The van der Waals surface area contributed by atoms with Crippen molar-refractivity contribution in [3.8, 4) is 5.75 Å². The van der Waals surface area contributed by atoms with E-state index in [0.717, 1.165) is 16.8 Å². The first-order chi connectivity index (χ1) is 23.3. The normalized spacial score (nSPS) is 27.6. The smallest absolute Gasteiger partial charge is 0.253 e. The standard InChI is InChI=1S/C40H53N3O6/c1-10-20-41(29-16-18-31(19-17-29)48-12-3)36(45)32-33-37(46)43(30(24-44)22-25(4)5)35(40(33)23-28(8)39(32,9)49-40)38(47)42(21-11-2)34-26(6)14-13-15-27(34)7/h10-11,13-19,25,28,30,32-33,35,44H,1-2,12,20-24H2,3-9H3/t28?,30-,32-,33+,35?,39+,40?/m1/s1. The lowest BCUT2D eigenvalue weighted by Gasteiger charge is -2.40. The van der Waals surface area contributed by atoms with E-state index in [1.54, 1.807) is 26.9 Å². The number of hydrogen-bond acceptors (Lipinski definition) is 6. The molecule has 0 radical (unpaired) electrons. The molecule has 49 heavy (non-hydrogen) atoms. The number of anilines is 2. The quantitative estimate of drug-likeness (QED) is 0.253. The van der Waals surface area contributed by atoms with E-state index in [0.29, 0.717) is 30.9 Å². The summed E-state index contributed by atoms with van der Waals surface area (Å²) in [7, 11) is 0. The van der Waals surface area contributed by atoms with Crippen LogP contribution in [0.2, 0.25) is 0 Å². The Bertz CT molecular complexity index is 1570.